The van der Waals surface area contributed by atoms with Crippen LogP contribution in [-0.2, 0) is 11.3 Å². The quantitative estimate of drug-likeness (QED) is 0.716. The van der Waals surface area contributed by atoms with Gasteiger partial charge in [0.25, 0.3) is 0 Å². The fourth-order valence-corrected chi connectivity index (χ4v) is 1.20. The van der Waals surface area contributed by atoms with Crippen molar-refractivity contribution in [3.05, 3.63) is 30.9 Å². The predicted octanol–water partition coefficient (Wildman–Crippen LogP) is 0.715. The first-order chi connectivity index (χ1) is 6.90. The molecule has 0 fully saturated rings. The van der Waals surface area contributed by atoms with Gasteiger partial charge in [-0.25, -0.2) is 4.68 Å². The van der Waals surface area contributed by atoms with Crippen LogP contribution in [0.25, 0.3) is 5.69 Å². The molecule has 0 spiro atoms. The molecule has 0 aliphatic carbocycles. The molecule has 0 saturated heterocycles. The van der Waals surface area contributed by atoms with E-state index in [2.05, 4.69) is 10.2 Å². The molecule has 14 heavy (non-hydrogen) atoms. The van der Waals surface area contributed by atoms with Crippen LogP contribution < -0.4 is 0 Å². The molecule has 2 aromatic heterocycles. The van der Waals surface area contributed by atoms with Crippen LogP contribution in [0.3, 0.4) is 0 Å². The van der Waals surface area contributed by atoms with Gasteiger partial charge in [0.1, 0.15) is 5.69 Å². The zero-order chi connectivity index (χ0) is 9.80. The van der Waals surface area contributed by atoms with Crippen molar-refractivity contribution >= 4 is 0 Å². The van der Waals surface area contributed by atoms with Crippen LogP contribution >= 0.6 is 0 Å². The summed E-state index contributed by atoms with van der Waals surface area (Å²) in [7, 11) is 1.68. The SMILES string of the molecule is COCCn1cc(-n2cccn2)cn1. The van der Waals surface area contributed by atoms with Gasteiger partial charge in [0, 0.05) is 19.5 Å². The Bertz CT molecular complexity index is 379. The third-order valence-electron chi connectivity index (χ3n) is 1.91. The summed E-state index contributed by atoms with van der Waals surface area (Å²) in [5.41, 5.74) is 0.964. The molecule has 0 radical (unpaired) electrons. The van der Waals surface area contributed by atoms with Crippen LogP contribution in [0, 0.1) is 0 Å². The predicted molar refractivity (Wildman–Crippen MR) is 51.2 cm³/mol. The molecular formula is C9H12N4O. The third-order valence-corrected chi connectivity index (χ3v) is 1.91. The van der Waals surface area contributed by atoms with E-state index in [-0.39, 0.29) is 0 Å². The van der Waals surface area contributed by atoms with Gasteiger partial charge < -0.3 is 4.74 Å². The van der Waals surface area contributed by atoms with E-state index in [1.807, 2.05) is 23.1 Å². The minimum absolute atomic E-state index is 0.667. The summed E-state index contributed by atoms with van der Waals surface area (Å²) in [6.45, 7) is 1.43. The lowest BCUT2D eigenvalue weighted by Crippen LogP contribution is -2.04. The average molecular weight is 192 g/mol. The number of hydrogen-bond acceptors (Lipinski definition) is 3. The Morgan fingerprint density at radius 3 is 3.07 bits per heavy atom. The number of nitrogens with zero attached hydrogens (tertiary/aromatic N) is 4. The Morgan fingerprint density at radius 2 is 2.36 bits per heavy atom. The summed E-state index contributed by atoms with van der Waals surface area (Å²) in [5.74, 6) is 0. The molecule has 74 valence electrons. The molecule has 5 heteroatoms. The van der Waals surface area contributed by atoms with Crippen LogP contribution in [0.2, 0.25) is 0 Å². The van der Waals surface area contributed by atoms with Crippen molar-refractivity contribution in [1.29, 1.82) is 0 Å². The lowest BCUT2D eigenvalue weighted by molar-refractivity contribution is 0.183. The highest BCUT2D eigenvalue weighted by Gasteiger charge is 1.99. The number of ether oxygens (including phenoxy) is 1. The van der Waals surface area contributed by atoms with E-state index < -0.39 is 0 Å². The van der Waals surface area contributed by atoms with Gasteiger partial charge in [-0.15, -0.1) is 0 Å². The van der Waals surface area contributed by atoms with Crippen LogP contribution in [0.5, 0.6) is 0 Å². The maximum Gasteiger partial charge on any atom is 0.102 e. The van der Waals surface area contributed by atoms with E-state index in [4.69, 9.17) is 4.74 Å². The lowest BCUT2D eigenvalue weighted by atomic mass is 10.6. The van der Waals surface area contributed by atoms with E-state index in [0.717, 1.165) is 12.2 Å². The van der Waals surface area contributed by atoms with E-state index in [1.54, 1.807) is 24.2 Å². The monoisotopic (exact) mass is 192 g/mol. The van der Waals surface area contributed by atoms with E-state index in [9.17, 15) is 0 Å². The van der Waals surface area contributed by atoms with Crippen molar-refractivity contribution in [2.24, 2.45) is 0 Å². The highest BCUT2D eigenvalue weighted by atomic mass is 16.5. The van der Waals surface area contributed by atoms with Crippen LogP contribution in [-0.4, -0.2) is 33.3 Å². The van der Waals surface area contributed by atoms with Crippen molar-refractivity contribution in [1.82, 2.24) is 19.6 Å². The van der Waals surface area contributed by atoms with Crippen LogP contribution in [0.15, 0.2) is 30.9 Å². The molecule has 0 atom stereocenters. The smallest absolute Gasteiger partial charge is 0.102 e. The highest BCUT2D eigenvalue weighted by Crippen LogP contribution is 2.03. The molecular weight excluding hydrogens is 180 g/mol. The van der Waals surface area contributed by atoms with Gasteiger partial charge in [0.05, 0.1) is 25.5 Å². The van der Waals surface area contributed by atoms with E-state index in [0.29, 0.717) is 6.61 Å². The molecule has 0 N–H and O–H groups in total. The molecule has 2 aromatic rings. The standard InChI is InChI=1S/C9H12N4O/c1-14-6-5-12-8-9(7-11-12)13-4-2-3-10-13/h2-4,7-8H,5-6H2,1H3. The van der Waals surface area contributed by atoms with Crippen molar-refractivity contribution in [3.63, 3.8) is 0 Å². The van der Waals surface area contributed by atoms with Gasteiger partial charge in [0.15, 0.2) is 0 Å². The maximum atomic E-state index is 4.96. The Kier molecular flexibility index (Phi) is 2.60. The third kappa shape index (κ3) is 1.82. The summed E-state index contributed by atoms with van der Waals surface area (Å²) in [5, 5.41) is 8.30. The minimum Gasteiger partial charge on any atom is -0.383 e. The van der Waals surface area contributed by atoms with Gasteiger partial charge >= 0.3 is 0 Å². The Morgan fingerprint density at radius 1 is 1.43 bits per heavy atom. The molecule has 5 nitrogen and oxygen atoms in total. The number of rotatable bonds is 4. The fourth-order valence-electron chi connectivity index (χ4n) is 1.20. The molecule has 2 rings (SSSR count). The summed E-state index contributed by atoms with van der Waals surface area (Å²) in [6, 6.07) is 1.88. The topological polar surface area (TPSA) is 44.9 Å². The Balaban J connectivity index is 2.10. The normalized spacial score (nSPS) is 10.6. The fraction of sp³-hybridized carbons (Fsp3) is 0.333. The second-order valence-electron chi connectivity index (χ2n) is 2.91. The Labute approximate surface area is 81.9 Å². The van der Waals surface area contributed by atoms with Gasteiger partial charge in [0.2, 0.25) is 0 Å². The van der Waals surface area contributed by atoms with Crippen LogP contribution in [0.4, 0.5) is 0 Å². The van der Waals surface area contributed by atoms with Crippen molar-refractivity contribution in [3.8, 4) is 5.69 Å². The highest BCUT2D eigenvalue weighted by molar-refractivity contribution is 5.23. The first kappa shape index (κ1) is 8.96. The number of aromatic nitrogens is 4. The zero-order valence-electron chi connectivity index (χ0n) is 8.00. The average Bonchev–Trinajstić information content (AvgIpc) is 2.85. The van der Waals surface area contributed by atoms with E-state index >= 15 is 0 Å². The second kappa shape index (κ2) is 4.06. The molecule has 0 saturated carbocycles. The van der Waals surface area contributed by atoms with Crippen molar-refractivity contribution < 1.29 is 4.74 Å². The maximum absolute atomic E-state index is 4.96. The minimum atomic E-state index is 0.667. The van der Waals surface area contributed by atoms with Gasteiger partial charge in [-0.2, -0.15) is 10.2 Å². The second-order valence-corrected chi connectivity index (χ2v) is 2.91. The zero-order valence-corrected chi connectivity index (χ0v) is 8.00. The summed E-state index contributed by atoms with van der Waals surface area (Å²) >= 11 is 0. The van der Waals surface area contributed by atoms with Gasteiger partial charge in [-0.3, -0.25) is 4.68 Å². The summed E-state index contributed by atoms with van der Waals surface area (Å²) in [6.07, 6.45) is 7.35. The number of methoxy groups -OCH3 is 1. The first-order valence-corrected chi connectivity index (χ1v) is 4.41. The van der Waals surface area contributed by atoms with E-state index in [1.165, 1.54) is 0 Å². The molecule has 2 heterocycles. The largest absolute Gasteiger partial charge is 0.383 e. The lowest BCUT2D eigenvalue weighted by Gasteiger charge is -1.98. The van der Waals surface area contributed by atoms with Gasteiger partial charge in [-0.05, 0) is 6.07 Å². The number of hydrogen-bond donors (Lipinski definition) is 0. The molecule has 0 amide bonds. The molecule has 0 aromatic carbocycles. The Hall–Kier alpha value is -1.62. The summed E-state index contributed by atoms with van der Waals surface area (Å²) in [4.78, 5) is 0. The molecule has 0 bridgehead atoms. The van der Waals surface area contributed by atoms with Gasteiger partial charge in [-0.1, -0.05) is 0 Å². The molecule has 0 aliphatic heterocycles. The molecule has 0 unspecified atom stereocenters. The summed E-state index contributed by atoms with van der Waals surface area (Å²) < 4.78 is 8.57. The van der Waals surface area contributed by atoms with Crippen molar-refractivity contribution in [2.75, 3.05) is 13.7 Å². The molecule has 0 aliphatic rings. The first-order valence-electron chi connectivity index (χ1n) is 4.41. The van der Waals surface area contributed by atoms with Crippen LogP contribution in [0.1, 0.15) is 0 Å². The van der Waals surface area contributed by atoms with Crippen molar-refractivity contribution in [2.45, 2.75) is 6.54 Å².